The van der Waals surface area contributed by atoms with Crippen molar-refractivity contribution >= 4 is 38.5 Å². The van der Waals surface area contributed by atoms with Crippen LogP contribution in [0.3, 0.4) is 0 Å². The van der Waals surface area contributed by atoms with Gasteiger partial charge in [-0.05, 0) is 62.8 Å². The third-order valence-corrected chi connectivity index (χ3v) is 5.50. The van der Waals surface area contributed by atoms with E-state index in [-0.39, 0.29) is 19.1 Å². The van der Waals surface area contributed by atoms with Crippen LogP contribution < -0.4 is 20.3 Å². The molecule has 2 amide bonds. The summed E-state index contributed by atoms with van der Waals surface area (Å²) in [6.07, 6.45) is 0. The Bertz CT molecular complexity index is 1100. The molecule has 0 radical (unpaired) electrons. The molecule has 0 atom stereocenters. The molecule has 0 aromatic heterocycles. The smallest absolute Gasteiger partial charge is 0.276 e. The first-order valence-electron chi connectivity index (χ1n) is 9.96. The second-order valence-corrected chi connectivity index (χ2v) is 8.26. The van der Waals surface area contributed by atoms with Crippen molar-refractivity contribution in [2.45, 2.75) is 26.7 Å². The number of aryl methyl sites for hydroxylation is 1. The zero-order valence-corrected chi connectivity index (χ0v) is 19.3. The Morgan fingerprint density at radius 3 is 2.23 bits per heavy atom. The lowest BCUT2D eigenvalue weighted by Gasteiger charge is -2.15. The Morgan fingerprint density at radius 1 is 0.903 bits per heavy atom. The molecule has 3 aromatic carbocycles. The average molecular weight is 485 g/mol. The second-order valence-electron chi connectivity index (χ2n) is 7.47. The maximum absolute atomic E-state index is 12.1. The van der Waals surface area contributed by atoms with Crippen molar-refractivity contribution in [2.24, 2.45) is 0 Å². The Kier molecular flexibility index (Phi) is 7.52. The fourth-order valence-electron chi connectivity index (χ4n) is 3.07. The third kappa shape index (κ3) is 5.98. The number of ether oxygens (including phenoxy) is 2. The number of carbonyl (C=O) groups excluding carboxylic acids is 2. The van der Waals surface area contributed by atoms with Crippen LogP contribution in [0.1, 0.15) is 30.9 Å². The molecular formula is C24H25BrN2O4. The normalized spacial score (nSPS) is 10.7. The van der Waals surface area contributed by atoms with Crippen molar-refractivity contribution in [1.29, 1.82) is 0 Å². The lowest BCUT2D eigenvalue weighted by atomic mass is 10.0. The Hall–Kier alpha value is -3.06. The van der Waals surface area contributed by atoms with Gasteiger partial charge in [0.2, 0.25) is 0 Å². The van der Waals surface area contributed by atoms with E-state index in [1.807, 2.05) is 55.5 Å². The molecule has 3 aromatic rings. The summed E-state index contributed by atoms with van der Waals surface area (Å²) < 4.78 is 12.0. The van der Waals surface area contributed by atoms with E-state index in [0.717, 1.165) is 26.4 Å². The van der Waals surface area contributed by atoms with Gasteiger partial charge < -0.3 is 9.47 Å². The minimum absolute atomic E-state index is 0.208. The number of carbonyl (C=O) groups is 2. The van der Waals surface area contributed by atoms with Crippen LogP contribution in [0.25, 0.3) is 10.8 Å². The van der Waals surface area contributed by atoms with Crippen LogP contribution in [0, 0.1) is 6.92 Å². The Labute approximate surface area is 190 Å². The number of nitrogens with one attached hydrogen (secondary N) is 2. The highest BCUT2D eigenvalue weighted by Gasteiger charge is 2.12. The standard InChI is InChI=1S/C24H25BrN2O4/c1-15(2)18-10-8-16(3)12-21(18)31-14-23(29)27-26-22(28)13-30-20-11-9-17-6-4-5-7-19(17)24(20)25/h4-12,15H,13-14H2,1-3H3,(H,26,28)(H,27,29). The van der Waals surface area contributed by atoms with Crippen molar-refractivity contribution in [2.75, 3.05) is 13.2 Å². The molecule has 0 aliphatic heterocycles. The molecule has 0 spiro atoms. The van der Waals surface area contributed by atoms with Crippen LogP contribution >= 0.6 is 15.9 Å². The number of hydrogen-bond donors (Lipinski definition) is 2. The first kappa shape index (κ1) is 22.6. The summed E-state index contributed by atoms with van der Waals surface area (Å²) in [6.45, 7) is 5.64. The number of benzene rings is 3. The molecule has 31 heavy (non-hydrogen) atoms. The first-order chi connectivity index (χ1) is 14.8. The number of rotatable bonds is 7. The van der Waals surface area contributed by atoms with E-state index in [4.69, 9.17) is 9.47 Å². The number of hydrogen-bond acceptors (Lipinski definition) is 4. The van der Waals surface area contributed by atoms with Gasteiger partial charge in [-0.3, -0.25) is 20.4 Å². The summed E-state index contributed by atoms with van der Waals surface area (Å²) in [5, 5.41) is 2.05. The molecule has 0 saturated heterocycles. The summed E-state index contributed by atoms with van der Waals surface area (Å²) in [5.41, 5.74) is 6.75. The predicted octanol–water partition coefficient (Wildman–Crippen LogP) is 4.64. The van der Waals surface area contributed by atoms with E-state index in [2.05, 4.69) is 40.6 Å². The molecule has 0 heterocycles. The Balaban J connectivity index is 1.47. The highest BCUT2D eigenvalue weighted by molar-refractivity contribution is 9.10. The van der Waals surface area contributed by atoms with Crippen LogP contribution in [-0.4, -0.2) is 25.0 Å². The summed E-state index contributed by atoms with van der Waals surface area (Å²) >= 11 is 3.51. The van der Waals surface area contributed by atoms with E-state index < -0.39 is 11.8 Å². The van der Waals surface area contributed by atoms with Crippen LogP contribution in [-0.2, 0) is 9.59 Å². The molecule has 0 bridgehead atoms. The molecule has 2 N–H and O–H groups in total. The fourth-order valence-corrected chi connectivity index (χ4v) is 3.67. The van der Waals surface area contributed by atoms with E-state index in [0.29, 0.717) is 11.5 Å². The first-order valence-corrected chi connectivity index (χ1v) is 10.8. The second kappa shape index (κ2) is 10.3. The monoisotopic (exact) mass is 484 g/mol. The molecule has 162 valence electrons. The molecule has 3 rings (SSSR count). The van der Waals surface area contributed by atoms with Gasteiger partial charge in [-0.15, -0.1) is 0 Å². The van der Waals surface area contributed by atoms with E-state index in [1.54, 1.807) is 6.07 Å². The minimum Gasteiger partial charge on any atom is -0.483 e. The summed E-state index contributed by atoms with van der Waals surface area (Å²) in [7, 11) is 0. The van der Waals surface area contributed by atoms with Gasteiger partial charge in [0, 0.05) is 0 Å². The number of hydrazine groups is 1. The van der Waals surface area contributed by atoms with Gasteiger partial charge in [0.15, 0.2) is 13.2 Å². The largest absolute Gasteiger partial charge is 0.483 e. The van der Waals surface area contributed by atoms with Gasteiger partial charge >= 0.3 is 0 Å². The fraction of sp³-hybridized carbons (Fsp3) is 0.250. The van der Waals surface area contributed by atoms with Crippen molar-refractivity contribution in [3.63, 3.8) is 0 Å². The highest BCUT2D eigenvalue weighted by Crippen LogP contribution is 2.33. The van der Waals surface area contributed by atoms with E-state index >= 15 is 0 Å². The van der Waals surface area contributed by atoms with Crippen molar-refractivity contribution in [3.8, 4) is 11.5 Å². The van der Waals surface area contributed by atoms with E-state index in [1.165, 1.54) is 0 Å². The van der Waals surface area contributed by atoms with Crippen LogP contribution in [0.4, 0.5) is 0 Å². The lowest BCUT2D eigenvalue weighted by molar-refractivity contribution is -0.131. The summed E-state index contributed by atoms with van der Waals surface area (Å²) in [6, 6.07) is 17.5. The van der Waals surface area contributed by atoms with E-state index in [9.17, 15) is 9.59 Å². The van der Waals surface area contributed by atoms with Crippen molar-refractivity contribution in [3.05, 3.63) is 70.2 Å². The van der Waals surface area contributed by atoms with Crippen molar-refractivity contribution in [1.82, 2.24) is 10.9 Å². The number of amides is 2. The molecule has 0 saturated carbocycles. The SMILES string of the molecule is Cc1ccc(C(C)C)c(OCC(=O)NNC(=O)COc2ccc3ccccc3c2Br)c1. The molecular weight excluding hydrogens is 460 g/mol. The molecule has 0 fully saturated rings. The Morgan fingerprint density at radius 2 is 1.55 bits per heavy atom. The predicted molar refractivity (Wildman–Crippen MR) is 124 cm³/mol. The zero-order valence-electron chi connectivity index (χ0n) is 17.7. The highest BCUT2D eigenvalue weighted by atomic mass is 79.9. The van der Waals surface area contributed by atoms with Gasteiger partial charge in [-0.2, -0.15) is 0 Å². The maximum Gasteiger partial charge on any atom is 0.276 e. The maximum atomic E-state index is 12.1. The molecule has 0 unspecified atom stereocenters. The number of halogens is 1. The van der Waals surface area contributed by atoms with Gasteiger partial charge in [0.25, 0.3) is 11.8 Å². The topological polar surface area (TPSA) is 76.7 Å². The minimum atomic E-state index is -0.480. The molecule has 0 aliphatic rings. The zero-order chi connectivity index (χ0) is 22.4. The molecule has 7 heteroatoms. The van der Waals surface area contributed by atoms with Gasteiger partial charge in [-0.1, -0.05) is 56.3 Å². The lowest BCUT2D eigenvalue weighted by Crippen LogP contribution is -2.45. The number of fused-ring (bicyclic) bond motifs is 1. The van der Waals surface area contributed by atoms with Crippen LogP contribution in [0.15, 0.2) is 59.1 Å². The summed E-state index contributed by atoms with van der Waals surface area (Å²) in [5.74, 6) is 0.540. The van der Waals surface area contributed by atoms with Gasteiger partial charge in [0.1, 0.15) is 11.5 Å². The molecule has 0 aliphatic carbocycles. The van der Waals surface area contributed by atoms with Crippen molar-refractivity contribution < 1.29 is 19.1 Å². The van der Waals surface area contributed by atoms with Gasteiger partial charge in [-0.25, -0.2) is 0 Å². The quantitative estimate of drug-likeness (QED) is 0.479. The van der Waals surface area contributed by atoms with Gasteiger partial charge in [0.05, 0.1) is 4.47 Å². The third-order valence-electron chi connectivity index (χ3n) is 4.68. The summed E-state index contributed by atoms with van der Waals surface area (Å²) in [4.78, 5) is 24.1. The average Bonchev–Trinajstić information content (AvgIpc) is 2.75. The van der Waals surface area contributed by atoms with Crippen LogP contribution in [0.2, 0.25) is 0 Å². The van der Waals surface area contributed by atoms with Crippen LogP contribution in [0.5, 0.6) is 11.5 Å². The molecule has 6 nitrogen and oxygen atoms in total.